The summed E-state index contributed by atoms with van der Waals surface area (Å²) in [6.45, 7) is 0.195. The summed E-state index contributed by atoms with van der Waals surface area (Å²) in [5.74, 6) is -0.423. The Bertz CT molecular complexity index is 836. The van der Waals surface area contributed by atoms with Gasteiger partial charge in [0.05, 0.1) is 7.11 Å². The van der Waals surface area contributed by atoms with Crippen LogP contribution in [0.5, 0.6) is 11.5 Å². The van der Waals surface area contributed by atoms with E-state index in [9.17, 15) is 14.7 Å². The summed E-state index contributed by atoms with van der Waals surface area (Å²) in [7, 11) is 1.41. The highest BCUT2D eigenvalue weighted by Gasteiger charge is 2.29. The second-order valence-electron chi connectivity index (χ2n) is 5.62. The number of benzene rings is 2. The van der Waals surface area contributed by atoms with E-state index in [1.54, 1.807) is 30.3 Å². The molecule has 1 aliphatic heterocycles. The average molecular weight is 362 g/mol. The van der Waals surface area contributed by atoms with Gasteiger partial charge in [0.2, 0.25) is 0 Å². The van der Waals surface area contributed by atoms with Crippen molar-refractivity contribution < 1.29 is 24.2 Å². The van der Waals surface area contributed by atoms with Gasteiger partial charge in [-0.2, -0.15) is 0 Å². The SMILES string of the molecule is COc1ccc(CNC(=O)C2Cc3cc(Cl)ccc3O2)cc1C(=O)O. The van der Waals surface area contributed by atoms with Crippen molar-refractivity contribution in [1.82, 2.24) is 5.32 Å². The van der Waals surface area contributed by atoms with Gasteiger partial charge >= 0.3 is 5.97 Å². The fraction of sp³-hybridized carbons (Fsp3) is 0.222. The van der Waals surface area contributed by atoms with Gasteiger partial charge in [0, 0.05) is 18.0 Å². The number of nitrogens with one attached hydrogen (secondary N) is 1. The molecule has 6 nitrogen and oxygen atoms in total. The summed E-state index contributed by atoms with van der Waals surface area (Å²) in [5.41, 5.74) is 1.60. The van der Waals surface area contributed by atoms with Gasteiger partial charge in [-0.15, -0.1) is 0 Å². The molecular formula is C18H16ClNO5. The first-order valence-corrected chi connectivity index (χ1v) is 7.98. The van der Waals surface area contributed by atoms with Crippen LogP contribution >= 0.6 is 11.6 Å². The Kier molecular flexibility index (Phi) is 4.81. The molecule has 2 aromatic carbocycles. The van der Waals surface area contributed by atoms with E-state index in [1.165, 1.54) is 13.2 Å². The van der Waals surface area contributed by atoms with Gasteiger partial charge in [-0.05, 0) is 41.5 Å². The van der Waals surface area contributed by atoms with Crippen molar-refractivity contribution >= 4 is 23.5 Å². The molecule has 0 saturated heterocycles. The topological polar surface area (TPSA) is 84.9 Å². The molecule has 130 valence electrons. The van der Waals surface area contributed by atoms with E-state index in [1.807, 2.05) is 0 Å². The standard InChI is InChI=1S/C18H16ClNO5/c1-24-15-4-2-10(6-13(15)18(22)23)9-20-17(21)16-8-11-7-12(19)3-5-14(11)25-16/h2-7,16H,8-9H2,1H3,(H,20,21)(H,22,23). The lowest BCUT2D eigenvalue weighted by Gasteiger charge is -2.12. The third-order valence-electron chi connectivity index (χ3n) is 3.95. The molecule has 2 N–H and O–H groups in total. The molecule has 0 aromatic heterocycles. The van der Waals surface area contributed by atoms with Crippen molar-refractivity contribution in [2.24, 2.45) is 0 Å². The Labute approximate surface area is 149 Å². The molecule has 0 spiro atoms. The molecule has 25 heavy (non-hydrogen) atoms. The highest BCUT2D eigenvalue weighted by molar-refractivity contribution is 6.30. The second-order valence-corrected chi connectivity index (χ2v) is 6.06. The predicted molar refractivity (Wildman–Crippen MR) is 91.4 cm³/mol. The van der Waals surface area contributed by atoms with Crippen LogP contribution in [0.1, 0.15) is 21.5 Å². The Hall–Kier alpha value is -2.73. The van der Waals surface area contributed by atoms with Crippen LogP contribution in [-0.2, 0) is 17.8 Å². The van der Waals surface area contributed by atoms with E-state index in [-0.39, 0.29) is 23.8 Å². The fourth-order valence-corrected chi connectivity index (χ4v) is 2.89. The number of aromatic carboxylic acids is 1. The second kappa shape index (κ2) is 7.03. The molecule has 0 fully saturated rings. The van der Waals surface area contributed by atoms with Crippen LogP contribution in [0.4, 0.5) is 0 Å². The van der Waals surface area contributed by atoms with Crippen LogP contribution < -0.4 is 14.8 Å². The average Bonchev–Trinajstić information content (AvgIpc) is 3.02. The smallest absolute Gasteiger partial charge is 0.339 e. The molecule has 1 amide bonds. The Morgan fingerprint density at radius 1 is 1.32 bits per heavy atom. The quantitative estimate of drug-likeness (QED) is 0.855. The van der Waals surface area contributed by atoms with Gasteiger partial charge in [-0.1, -0.05) is 17.7 Å². The molecule has 1 atom stereocenters. The molecule has 1 heterocycles. The number of fused-ring (bicyclic) bond motifs is 1. The third kappa shape index (κ3) is 3.69. The van der Waals surface area contributed by atoms with Crippen LogP contribution in [0.3, 0.4) is 0 Å². The van der Waals surface area contributed by atoms with Gasteiger partial charge in [0.15, 0.2) is 6.10 Å². The van der Waals surface area contributed by atoms with Crippen molar-refractivity contribution in [3.8, 4) is 11.5 Å². The number of methoxy groups -OCH3 is 1. The molecule has 7 heteroatoms. The molecular weight excluding hydrogens is 346 g/mol. The van der Waals surface area contributed by atoms with E-state index < -0.39 is 12.1 Å². The van der Waals surface area contributed by atoms with E-state index >= 15 is 0 Å². The summed E-state index contributed by atoms with van der Waals surface area (Å²) < 4.78 is 10.6. The molecule has 3 rings (SSSR count). The van der Waals surface area contributed by atoms with Gasteiger partial charge in [-0.3, -0.25) is 4.79 Å². The number of rotatable bonds is 5. The first kappa shape index (κ1) is 17.1. The number of amides is 1. The summed E-state index contributed by atoms with van der Waals surface area (Å²) >= 11 is 5.94. The van der Waals surface area contributed by atoms with Gasteiger partial charge in [0.25, 0.3) is 5.91 Å². The summed E-state index contributed by atoms with van der Waals surface area (Å²) in [4.78, 5) is 23.5. The van der Waals surface area contributed by atoms with Crippen molar-refractivity contribution in [3.05, 3.63) is 58.1 Å². The number of carbonyl (C=O) groups excluding carboxylic acids is 1. The van der Waals surface area contributed by atoms with Crippen LogP contribution in [0.15, 0.2) is 36.4 Å². The molecule has 0 saturated carbocycles. The number of carboxylic acids is 1. The van der Waals surface area contributed by atoms with E-state index in [4.69, 9.17) is 21.1 Å². The van der Waals surface area contributed by atoms with E-state index in [0.717, 1.165) is 5.56 Å². The van der Waals surface area contributed by atoms with Gasteiger partial charge < -0.3 is 19.9 Å². The molecule has 2 aromatic rings. The fourth-order valence-electron chi connectivity index (χ4n) is 2.70. The minimum atomic E-state index is -1.09. The first-order valence-electron chi connectivity index (χ1n) is 7.61. The van der Waals surface area contributed by atoms with Crippen LogP contribution in [0.25, 0.3) is 0 Å². The van der Waals surface area contributed by atoms with Crippen LogP contribution in [0.2, 0.25) is 5.02 Å². The van der Waals surface area contributed by atoms with E-state index in [0.29, 0.717) is 22.8 Å². The van der Waals surface area contributed by atoms with Crippen molar-refractivity contribution in [3.63, 3.8) is 0 Å². The monoisotopic (exact) mass is 361 g/mol. The van der Waals surface area contributed by atoms with Crippen LogP contribution in [-0.4, -0.2) is 30.2 Å². The maximum Gasteiger partial charge on any atom is 0.339 e. The lowest BCUT2D eigenvalue weighted by atomic mass is 10.1. The molecule has 1 aliphatic rings. The van der Waals surface area contributed by atoms with Gasteiger partial charge in [-0.25, -0.2) is 4.79 Å². The predicted octanol–water partition coefficient (Wildman–Crippen LogP) is 2.67. The normalized spacial score (nSPS) is 15.2. The number of hydrogen-bond acceptors (Lipinski definition) is 4. The number of hydrogen-bond donors (Lipinski definition) is 2. The zero-order valence-electron chi connectivity index (χ0n) is 13.4. The first-order chi connectivity index (χ1) is 12.0. The Morgan fingerprint density at radius 3 is 2.84 bits per heavy atom. The maximum atomic E-state index is 12.3. The minimum Gasteiger partial charge on any atom is -0.496 e. The Morgan fingerprint density at radius 2 is 2.12 bits per heavy atom. The Balaban J connectivity index is 1.64. The number of carboxylic acid groups (broad SMARTS) is 1. The van der Waals surface area contributed by atoms with E-state index in [2.05, 4.69) is 5.32 Å². The minimum absolute atomic E-state index is 0.0495. The lowest BCUT2D eigenvalue weighted by Crippen LogP contribution is -2.37. The third-order valence-corrected chi connectivity index (χ3v) is 4.19. The van der Waals surface area contributed by atoms with Crippen molar-refractivity contribution in [2.75, 3.05) is 7.11 Å². The molecule has 1 unspecified atom stereocenters. The summed E-state index contributed by atoms with van der Waals surface area (Å²) in [5, 5.41) is 12.6. The summed E-state index contributed by atoms with van der Waals surface area (Å²) in [6, 6.07) is 9.99. The highest BCUT2D eigenvalue weighted by atomic mass is 35.5. The summed E-state index contributed by atoms with van der Waals surface area (Å²) in [6.07, 6.45) is -0.171. The van der Waals surface area contributed by atoms with Crippen molar-refractivity contribution in [2.45, 2.75) is 19.1 Å². The molecule has 0 bridgehead atoms. The maximum absolute atomic E-state index is 12.3. The number of ether oxygens (including phenoxy) is 2. The van der Waals surface area contributed by atoms with Crippen molar-refractivity contribution in [1.29, 1.82) is 0 Å². The molecule has 0 aliphatic carbocycles. The highest BCUT2D eigenvalue weighted by Crippen LogP contribution is 2.31. The number of carbonyl (C=O) groups is 2. The number of halogens is 1. The zero-order chi connectivity index (χ0) is 18.0. The lowest BCUT2D eigenvalue weighted by molar-refractivity contribution is -0.127. The molecule has 0 radical (unpaired) electrons. The largest absolute Gasteiger partial charge is 0.496 e. The zero-order valence-corrected chi connectivity index (χ0v) is 14.2. The van der Waals surface area contributed by atoms with Crippen LogP contribution in [0, 0.1) is 0 Å². The van der Waals surface area contributed by atoms with Gasteiger partial charge in [0.1, 0.15) is 17.1 Å².